The molecule has 0 radical (unpaired) electrons. The second-order valence-corrected chi connectivity index (χ2v) is 3.47. The molecular formula is C9H18N2O. The lowest BCUT2D eigenvalue weighted by molar-refractivity contribution is -0.134. The third-order valence-corrected chi connectivity index (χ3v) is 2.48. The van der Waals surface area contributed by atoms with Crippen LogP contribution in [-0.4, -0.2) is 29.9 Å². The summed E-state index contributed by atoms with van der Waals surface area (Å²) >= 11 is 0. The average Bonchev–Trinajstić information content (AvgIpc) is 2.05. The van der Waals surface area contributed by atoms with Gasteiger partial charge in [-0.05, 0) is 26.2 Å². The molecule has 0 aromatic heterocycles. The van der Waals surface area contributed by atoms with E-state index in [2.05, 4.69) is 6.92 Å². The summed E-state index contributed by atoms with van der Waals surface area (Å²) in [5.74, 6) is 0.227. The summed E-state index contributed by atoms with van der Waals surface area (Å²) in [5.41, 5.74) is 5.33. The Morgan fingerprint density at radius 3 is 2.92 bits per heavy atom. The van der Waals surface area contributed by atoms with E-state index in [1.165, 1.54) is 6.42 Å². The first-order chi connectivity index (χ1) is 5.75. The Kier molecular flexibility index (Phi) is 3.53. The van der Waals surface area contributed by atoms with Gasteiger partial charge in [-0.2, -0.15) is 0 Å². The van der Waals surface area contributed by atoms with Gasteiger partial charge in [0.2, 0.25) is 5.91 Å². The molecule has 1 rings (SSSR count). The third-order valence-electron chi connectivity index (χ3n) is 2.48. The Bertz CT molecular complexity index is 159. The van der Waals surface area contributed by atoms with E-state index in [0.29, 0.717) is 19.0 Å². The molecule has 2 N–H and O–H groups in total. The number of piperidine rings is 1. The largest absolute Gasteiger partial charge is 0.340 e. The number of carbonyl (C=O) groups excluding carboxylic acids is 1. The van der Waals surface area contributed by atoms with Crippen molar-refractivity contribution in [2.24, 2.45) is 5.73 Å². The summed E-state index contributed by atoms with van der Waals surface area (Å²) in [7, 11) is 0. The van der Waals surface area contributed by atoms with Crippen LogP contribution >= 0.6 is 0 Å². The monoisotopic (exact) mass is 170 g/mol. The molecule has 1 saturated heterocycles. The maximum Gasteiger partial charge on any atom is 0.224 e. The Morgan fingerprint density at radius 2 is 2.33 bits per heavy atom. The van der Waals surface area contributed by atoms with Crippen LogP contribution in [0.1, 0.15) is 32.6 Å². The van der Waals surface area contributed by atoms with Gasteiger partial charge in [0.15, 0.2) is 0 Å². The molecular weight excluding hydrogens is 152 g/mol. The fraction of sp³-hybridized carbons (Fsp3) is 0.889. The Balaban J connectivity index is 2.42. The molecule has 0 spiro atoms. The molecule has 0 aliphatic carbocycles. The molecule has 1 atom stereocenters. The summed E-state index contributed by atoms with van der Waals surface area (Å²) in [4.78, 5) is 13.4. The number of hydrogen-bond acceptors (Lipinski definition) is 2. The number of nitrogens with zero attached hydrogens (tertiary/aromatic N) is 1. The van der Waals surface area contributed by atoms with E-state index in [9.17, 15) is 4.79 Å². The van der Waals surface area contributed by atoms with Crippen LogP contribution in [0, 0.1) is 0 Å². The SMILES string of the molecule is C[C@@H]1CCCCN1C(=O)CCN. The maximum absolute atomic E-state index is 11.5. The fourth-order valence-electron chi connectivity index (χ4n) is 1.74. The first-order valence-electron chi connectivity index (χ1n) is 4.75. The van der Waals surface area contributed by atoms with E-state index < -0.39 is 0 Å². The second kappa shape index (κ2) is 4.45. The highest BCUT2D eigenvalue weighted by Gasteiger charge is 2.21. The quantitative estimate of drug-likeness (QED) is 0.664. The number of amides is 1. The zero-order valence-electron chi connectivity index (χ0n) is 7.75. The number of nitrogens with two attached hydrogens (primary N) is 1. The number of carbonyl (C=O) groups is 1. The van der Waals surface area contributed by atoms with Crippen LogP contribution in [0.4, 0.5) is 0 Å². The molecule has 1 aliphatic heterocycles. The Hall–Kier alpha value is -0.570. The highest BCUT2D eigenvalue weighted by atomic mass is 16.2. The van der Waals surface area contributed by atoms with E-state index in [1.807, 2.05) is 4.90 Å². The van der Waals surface area contributed by atoms with Gasteiger partial charge in [-0.3, -0.25) is 4.79 Å². The Labute approximate surface area is 73.9 Å². The highest BCUT2D eigenvalue weighted by molar-refractivity contribution is 5.76. The van der Waals surface area contributed by atoms with E-state index in [-0.39, 0.29) is 5.91 Å². The van der Waals surface area contributed by atoms with Gasteiger partial charge in [-0.1, -0.05) is 0 Å². The van der Waals surface area contributed by atoms with Gasteiger partial charge in [0.25, 0.3) is 0 Å². The number of rotatable bonds is 2. The first-order valence-corrected chi connectivity index (χ1v) is 4.75. The van der Waals surface area contributed by atoms with Crippen molar-refractivity contribution >= 4 is 5.91 Å². The molecule has 0 bridgehead atoms. The van der Waals surface area contributed by atoms with Gasteiger partial charge in [0, 0.05) is 25.6 Å². The van der Waals surface area contributed by atoms with E-state index in [1.54, 1.807) is 0 Å². The highest BCUT2D eigenvalue weighted by Crippen LogP contribution is 2.16. The zero-order chi connectivity index (χ0) is 8.97. The van der Waals surface area contributed by atoms with Crippen molar-refractivity contribution in [2.75, 3.05) is 13.1 Å². The van der Waals surface area contributed by atoms with E-state index in [4.69, 9.17) is 5.73 Å². The molecule has 3 nitrogen and oxygen atoms in total. The van der Waals surface area contributed by atoms with Gasteiger partial charge < -0.3 is 10.6 Å². The van der Waals surface area contributed by atoms with Gasteiger partial charge in [0.05, 0.1) is 0 Å². The molecule has 12 heavy (non-hydrogen) atoms. The van der Waals surface area contributed by atoms with Crippen molar-refractivity contribution in [1.29, 1.82) is 0 Å². The number of likely N-dealkylation sites (tertiary alicyclic amines) is 1. The van der Waals surface area contributed by atoms with Crippen molar-refractivity contribution in [2.45, 2.75) is 38.6 Å². The molecule has 1 heterocycles. The van der Waals surface area contributed by atoms with Crippen LogP contribution in [0.2, 0.25) is 0 Å². The maximum atomic E-state index is 11.5. The molecule has 1 amide bonds. The molecule has 0 aromatic rings. The smallest absolute Gasteiger partial charge is 0.224 e. The zero-order valence-corrected chi connectivity index (χ0v) is 7.75. The average molecular weight is 170 g/mol. The summed E-state index contributed by atoms with van der Waals surface area (Å²) in [5, 5.41) is 0. The molecule has 0 unspecified atom stereocenters. The van der Waals surface area contributed by atoms with Crippen LogP contribution in [-0.2, 0) is 4.79 Å². The predicted molar refractivity (Wildman–Crippen MR) is 48.7 cm³/mol. The lowest BCUT2D eigenvalue weighted by Gasteiger charge is -2.33. The number of hydrogen-bond donors (Lipinski definition) is 1. The minimum Gasteiger partial charge on any atom is -0.340 e. The standard InChI is InChI=1S/C9H18N2O/c1-8-4-2-3-7-11(8)9(12)5-6-10/h8H,2-7,10H2,1H3/t8-/m1/s1. The van der Waals surface area contributed by atoms with Crippen LogP contribution < -0.4 is 5.73 Å². The van der Waals surface area contributed by atoms with Crippen molar-refractivity contribution in [3.05, 3.63) is 0 Å². The normalized spacial score (nSPS) is 24.2. The van der Waals surface area contributed by atoms with Crippen molar-refractivity contribution in [3.8, 4) is 0 Å². The van der Waals surface area contributed by atoms with Gasteiger partial charge in [0.1, 0.15) is 0 Å². The van der Waals surface area contributed by atoms with Crippen LogP contribution in [0.3, 0.4) is 0 Å². The summed E-state index contributed by atoms with van der Waals surface area (Å²) in [6.45, 7) is 3.52. The van der Waals surface area contributed by atoms with Gasteiger partial charge >= 0.3 is 0 Å². The second-order valence-electron chi connectivity index (χ2n) is 3.47. The molecule has 0 aromatic carbocycles. The summed E-state index contributed by atoms with van der Waals surface area (Å²) in [6, 6.07) is 0.429. The van der Waals surface area contributed by atoms with Gasteiger partial charge in [-0.15, -0.1) is 0 Å². The molecule has 0 saturated carbocycles. The molecule has 1 fully saturated rings. The van der Waals surface area contributed by atoms with Crippen molar-refractivity contribution in [1.82, 2.24) is 4.90 Å². The molecule has 3 heteroatoms. The lowest BCUT2D eigenvalue weighted by atomic mass is 10.0. The van der Waals surface area contributed by atoms with E-state index in [0.717, 1.165) is 19.4 Å². The molecule has 1 aliphatic rings. The van der Waals surface area contributed by atoms with Crippen LogP contribution in [0.5, 0.6) is 0 Å². The van der Waals surface area contributed by atoms with Crippen LogP contribution in [0.25, 0.3) is 0 Å². The third kappa shape index (κ3) is 2.21. The van der Waals surface area contributed by atoms with Gasteiger partial charge in [-0.25, -0.2) is 0 Å². The summed E-state index contributed by atoms with van der Waals surface area (Å²) < 4.78 is 0. The molecule has 70 valence electrons. The summed E-state index contributed by atoms with van der Waals surface area (Å²) in [6.07, 6.45) is 4.06. The lowest BCUT2D eigenvalue weighted by Crippen LogP contribution is -2.42. The predicted octanol–water partition coefficient (Wildman–Crippen LogP) is 0.736. The topological polar surface area (TPSA) is 46.3 Å². The van der Waals surface area contributed by atoms with Crippen molar-refractivity contribution < 1.29 is 4.79 Å². The minimum absolute atomic E-state index is 0.227. The fourth-order valence-corrected chi connectivity index (χ4v) is 1.74. The van der Waals surface area contributed by atoms with Crippen LogP contribution in [0.15, 0.2) is 0 Å². The Morgan fingerprint density at radius 1 is 1.58 bits per heavy atom. The minimum atomic E-state index is 0.227. The first kappa shape index (κ1) is 9.52. The van der Waals surface area contributed by atoms with E-state index >= 15 is 0 Å². The van der Waals surface area contributed by atoms with Crippen molar-refractivity contribution in [3.63, 3.8) is 0 Å².